The van der Waals surface area contributed by atoms with Crippen molar-refractivity contribution in [3.63, 3.8) is 0 Å². The summed E-state index contributed by atoms with van der Waals surface area (Å²) in [5, 5.41) is 0.901. The number of allylic oxidation sites excluding steroid dienone is 1. The molecule has 0 N–H and O–H groups in total. The molecule has 4 rings (SSSR count). The molecule has 0 saturated carbocycles. The summed E-state index contributed by atoms with van der Waals surface area (Å²) in [4.78, 5) is 12.5. The van der Waals surface area contributed by atoms with E-state index < -0.39 is 0 Å². The third kappa shape index (κ3) is 5.53. The molecule has 0 radical (unpaired) electrons. The molecule has 2 aromatic carbocycles. The van der Waals surface area contributed by atoms with Gasteiger partial charge in [-0.15, -0.1) is 0 Å². The second kappa shape index (κ2) is 9.65. The molecule has 0 aliphatic rings. The predicted octanol–water partition coefficient (Wildman–Crippen LogP) is 3.19. The lowest BCUT2D eigenvalue weighted by Gasteiger charge is -1.99. The summed E-state index contributed by atoms with van der Waals surface area (Å²) in [7, 11) is 0. The van der Waals surface area contributed by atoms with Gasteiger partial charge in [0.2, 0.25) is 5.78 Å². The standard InChI is InChI=1S/C23H16Br2NO2.BrH/c24-19-6-3-17(4-7-19)15-26-11-1-2-16(14-26)5-9-21(27)23-13-18-12-20(25)8-10-22(18)28-23;/h1-14H,15H2;1H/q+1;/p-1/b9-5+;. The summed E-state index contributed by atoms with van der Waals surface area (Å²) in [5.74, 6) is 0.179. The van der Waals surface area contributed by atoms with Gasteiger partial charge in [0, 0.05) is 31.5 Å². The largest absolute Gasteiger partial charge is 1.00 e. The van der Waals surface area contributed by atoms with Crippen LogP contribution in [0.1, 0.15) is 21.7 Å². The number of rotatable bonds is 5. The fourth-order valence-corrected chi connectivity index (χ4v) is 3.57. The van der Waals surface area contributed by atoms with Gasteiger partial charge >= 0.3 is 0 Å². The zero-order chi connectivity index (χ0) is 19.5. The highest BCUT2D eigenvalue weighted by Gasteiger charge is 2.10. The molecule has 4 aromatic rings. The second-order valence-electron chi connectivity index (χ2n) is 6.43. The molecule has 0 saturated heterocycles. The Morgan fingerprint density at radius 1 is 1.00 bits per heavy atom. The average molecular weight is 578 g/mol. The van der Waals surface area contributed by atoms with Gasteiger partial charge in [0.1, 0.15) is 5.58 Å². The van der Waals surface area contributed by atoms with E-state index in [1.54, 1.807) is 12.1 Å². The maximum atomic E-state index is 12.5. The number of aromatic nitrogens is 1. The van der Waals surface area contributed by atoms with E-state index in [9.17, 15) is 4.79 Å². The van der Waals surface area contributed by atoms with Gasteiger partial charge in [-0.2, -0.15) is 0 Å². The van der Waals surface area contributed by atoms with Gasteiger partial charge in [-0.3, -0.25) is 4.79 Å². The smallest absolute Gasteiger partial charge is 0.221 e. The van der Waals surface area contributed by atoms with Gasteiger partial charge in [-0.25, -0.2) is 4.57 Å². The molecule has 2 heterocycles. The minimum Gasteiger partial charge on any atom is -1.00 e. The van der Waals surface area contributed by atoms with Crippen LogP contribution < -0.4 is 21.5 Å². The summed E-state index contributed by atoms with van der Waals surface area (Å²) in [6.45, 7) is 0.765. The highest BCUT2D eigenvalue weighted by molar-refractivity contribution is 9.10. The highest BCUT2D eigenvalue weighted by atomic mass is 79.9. The zero-order valence-electron chi connectivity index (χ0n) is 15.2. The molecule has 6 heteroatoms. The van der Waals surface area contributed by atoms with E-state index >= 15 is 0 Å². The maximum absolute atomic E-state index is 12.5. The molecule has 0 aliphatic heterocycles. The lowest BCUT2D eigenvalue weighted by molar-refractivity contribution is -0.688. The number of ketones is 1. The molecule has 0 aliphatic carbocycles. The molecule has 146 valence electrons. The Labute approximate surface area is 196 Å². The minimum atomic E-state index is -0.157. The van der Waals surface area contributed by atoms with Crippen LogP contribution in [0.5, 0.6) is 0 Å². The van der Waals surface area contributed by atoms with E-state index in [1.165, 1.54) is 5.56 Å². The molecule has 3 nitrogen and oxygen atoms in total. The molecule has 0 unspecified atom stereocenters. The van der Waals surface area contributed by atoms with Crippen LogP contribution in [-0.4, -0.2) is 5.78 Å². The number of carbonyl (C=O) groups is 1. The molecule has 29 heavy (non-hydrogen) atoms. The van der Waals surface area contributed by atoms with Crippen LogP contribution in [0.15, 0.2) is 92.5 Å². The maximum Gasteiger partial charge on any atom is 0.221 e. The number of hydrogen-bond donors (Lipinski definition) is 0. The van der Waals surface area contributed by atoms with E-state index in [-0.39, 0.29) is 22.8 Å². The third-order valence-electron chi connectivity index (χ3n) is 4.31. The number of nitrogens with zero attached hydrogens (tertiary/aromatic N) is 1. The lowest BCUT2D eigenvalue weighted by Crippen LogP contribution is -3.00. The van der Waals surface area contributed by atoms with Crippen molar-refractivity contribution < 1.29 is 30.8 Å². The van der Waals surface area contributed by atoms with Crippen LogP contribution >= 0.6 is 31.9 Å². The highest BCUT2D eigenvalue weighted by Crippen LogP contribution is 2.23. The van der Waals surface area contributed by atoms with E-state index in [0.29, 0.717) is 11.3 Å². The fourth-order valence-electron chi connectivity index (χ4n) is 2.93. The normalized spacial score (nSPS) is 11.0. The minimum absolute atomic E-state index is 0. The Bertz CT molecular complexity index is 1180. The summed E-state index contributed by atoms with van der Waals surface area (Å²) in [5.41, 5.74) is 2.86. The van der Waals surface area contributed by atoms with Gasteiger partial charge in [0.15, 0.2) is 24.7 Å². The molecule has 0 atom stereocenters. The number of pyridine rings is 1. The number of benzene rings is 2. The summed E-state index contributed by atoms with van der Waals surface area (Å²) < 4.78 is 9.76. The predicted molar refractivity (Wildman–Crippen MR) is 117 cm³/mol. The fraction of sp³-hybridized carbons (Fsp3) is 0.0435. The SMILES string of the molecule is O=C(/C=C/c1ccc[n+](Cc2ccc(Br)cc2)c1)c1cc2cc(Br)ccc2o1.[Br-]. The first kappa shape index (κ1) is 21.7. The first-order valence-electron chi connectivity index (χ1n) is 8.72. The Kier molecular flexibility index (Phi) is 7.22. The number of hydrogen-bond acceptors (Lipinski definition) is 2. The first-order valence-corrected chi connectivity index (χ1v) is 10.3. The van der Waals surface area contributed by atoms with Crippen molar-refractivity contribution in [3.8, 4) is 0 Å². The quantitative estimate of drug-likeness (QED) is 0.207. The molecular formula is C23H16Br3NO2. The van der Waals surface area contributed by atoms with Crippen molar-refractivity contribution in [2.24, 2.45) is 0 Å². The molecule has 0 fully saturated rings. The van der Waals surface area contributed by atoms with Gasteiger partial charge in [0.25, 0.3) is 0 Å². The number of furan rings is 1. The van der Waals surface area contributed by atoms with Crippen molar-refractivity contribution in [2.75, 3.05) is 0 Å². The van der Waals surface area contributed by atoms with Crippen molar-refractivity contribution in [3.05, 3.63) is 105 Å². The van der Waals surface area contributed by atoms with Crippen LogP contribution in [0.4, 0.5) is 0 Å². The summed E-state index contributed by atoms with van der Waals surface area (Å²) in [6.07, 6.45) is 7.38. The van der Waals surface area contributed by atoms with Crippen LogP contribution in [0.2, 0.25) is 0 Å². The van der Waals surface area contributed by atoms with Crippen molar-refractivity contribution in [1.82, 2.24) is 0 Å². The Morgan fingerprint density at radius 3 is 2.55 bits per heavy atom. The summed E-state index contributed by atoms with van der Waals surface area (Å²) >= 11 is 6.88. The Hall–Kier alpha value is -2.02. The Morgan fingerprint density at radius 2 is 1.76 bits per heavy atom. The van der Waals surface area contributed by atoms with Crippen LogP contribution in [-0.2, 0) is 6.54 Å². The third-order valence-corrected chi connectivity index (χ3v) is 5.33. The van der Waals surface area contributed by atoms with Crippen molar-refractivity contribution in [2.45, 2.75) is 6.54 Å². The van der Waals surface area contributed by atoms with Crippen molar-refractivity contribution >= 4 is 54.7 Å². The number of halogens is 3. The monoisotopic (exact) mass is 575 g/mol. The van der Waals surface area contributed by atoms with Crippen LogP contribution in [0, 0.1) is 0 Å². The zero-order valence-corrected chi connectivity index (χ0v) is 19.9. The van der Waals surface area contributed by atoms with Gasteiger partial charge in [-0.05, 0) is 54.6 Å². The topological polar surface area (TPSA) is 34.1 Å². The van der Waals surface area contributed by atoms with E-state index in [1.807, 2.05) is 60.9 Å². The summed E-state index contributed by atoms with van der Waals surface area (Å²) in [6, 6.07) is 19.6. The average Bonchev–Trinajstić information content (AvgIpc) is 3.11. The number of carbonyl (C=O) groups excluding carboxylic acids is 1. The van der Waals surface area contributed by atoms with Crippen molar-refractivity contribution in [1.29, 1.82) is 0 Å². The molecule has 2 aromatic heterocycles. The van der Waals surface area contributed by atoms with E-state index in [4.69, 9.17) is 4.42 Å². The molecule has 0 spiro atoms. The number of fused-ring (bicyclic) bond motifs is 1. The van der Waals surface area contributed by atoms with Gasteiger partial charge < -0.3 is 21.4 Å². The first-order chi connectivity index (χ1) is 13.6. The second-order valence-corrected chi connectivity index (χ2v) is 8.26. The van der Waals surface area contributed by atoms with E-state index in [2.05, 4.69) is 48.6 Å². The van der Waals surface area contributed by atoms with Crippen LogP contribution in [0.3, 0.4) is 0 Å². The van der Waals surface area contributed by atoms with Crippen LogP contribution in [0.25, 0.3) is 17.0 Å². The van der Waals surface area contributed by atoms with E-state index in [0.717, 1.165) is 26.4 Å². The molecule has 0 bridgehead atoms. The lowest BCUT2D eigenvalue weighted by atomic mass is 10.2. The Balaban J connectivity index is 0.00000240. The molecule has 0 amide bonds. The van der Waals surface area contributed by atoms with Gasteiger partial charge in [0.05, 0.1) is 0 Å². The van der Waals surface area contributed by atoms with Gasteiger partial charge in [-0.1, -0.05) is 44.0 Å². The molecular weight excluding hydrogens is 562 g/mol.